The maximum absolute atomic E-state index is 12.2. The second-order valence-electron chi connectivity index (χ2n) is 4.83. The van der Waals surface area contributed by atoms with Crippen molar-refractivity contribution in [2.45, 2.75) is 35.4 Å². The van der Waals surface area contributed by atoms with Crippen molar-refractivity contribution in [2.75, 3.05) is 5.73 Å². The van der Waals surface area contributed by atoms with Crippen LogP contribution in [0, 0.1) is 0 Å². The number of hydrogen-bond donors (Lipinski definition) is 1. The molecule has 19 heavy (non-hydrogen) atoms. The van der Waals surface area contributed by atoms with Crippen molar-refractivity contribution in [1.82, 2.24) is 4.90 Å². The quantitative estimate of drug-likeness (QED) is 0.687. The molecule has 0 radical (unpaired) electrons. The van der Waals surface area contributed by atoms with Crippen molar-refractivity contribution in [3.05, 3.63) is 23.2 Å². The number of nitrogens with zero attached hydrogens (tertiary/aromatic N) is 1. The second-order valence-corrected chi connectivity index (χ2v) is 6.49. The van der Waals surface area contributed by atoms with Crippen molar-refractivity contribution in [3.8, 4) is 0 Å². The summed E-state index contributed by atoms with van der Waals surface area (Å²) in [6.07, 6.45) is 2.15. The summed E-state index contributed by atoms with van der Waals surface area (Å²) in [7, 11) is 0. The molecule has 100 valence electrons. The monoisotopic (exact) mass is 296 g/mol. The lowest BCUT2D eigenvalue weighted by molar-refractivity contribution is -0.138. The second kappa shape index (κ2) is 4.72. The van der Waals surface area contributed by atoms with Crippen LogP contribution in [0.15, 0.2) is 23.1 Å². The van der Waals surface area contributed by atoms with Gasteiger partial charge in [0.05, 0.1) is 10.3 Å². The Kier molecular flexibility index (Phi) is 3.19. The van der Waals surface area contributed by atoms with Crippen LogP contribution in [0.3, 0.4) is 0 Å². The molecule has 2 N–H and O–H groups in total. The topological polar surface area (TPSA) is 63.4 Å². The van der Waals surface area contributed by atoms with E-state index in [0.717, 1.165) is 17.7 Å². The highest BCUT2D eigenvalue weighted by atomic mass is 35.5. The normalized spacial score (nSPS) is 23.2. The van der Waals surface area contributed by atoms with E-state index in [2.05, 4.69) is 0 Å². The van der Waals surface area contributed by atoms with Gasteiger partial charge in [0, 0.05) is 23.0 Å². The third-order valence-corrected chi connectivity index (χ3v) is 4.97. The van der Waals surface area contributed by atoms with Crippen molar-refractivity contribution in [3.63, 3.8) is 0 Å². The van der Waals surface area contributed by atoms with Crippen LogP contribution in [-0.4, -0.2) is 28.0 Å². The third kappa shape index (κ3) is 2.44. The van der Waals surface area contributed by atoms with Crippen LogP contribution < -0.4 is 5.73 Å². The van der Waals surface area contributed by atoms with Gasteiger partial charge >= 0.3 is 0 Å². The number of hydrogen-bond acceptors (Lipinski definition) is 4. The molecule has 1 aromatic rings. The zero-order valence-corrected chi connectivity index (χ0v) is 11.7. The van der Waals surface area contributed by atoms with Crippen LogP contribution in [-0.2, 0) is 9.59 Å². The van der Waals surface area contributed by atoms with E-state index >= 15 is 0 Å². The molecule has 4 nitrogen and oxygen atoms in total. The minimum absolute atomic E-state index is 0.0587. The lowest BCUT2D eigenvalue weighted by atomic mass is 10.3. The van der Waals surface area contributed by atoms with Crippen LogP contribution in [0.4, 0.5) is 5.69 Å². The molecule has 1 aliphatic heterocycles. The van der Waals surface area contributed by atoms with Gasteiger partial charge < -0.3 is 5.73 Å². The smallest absolute Gasteiger partial charge is 0.243 e. The number of rotatable bonds is 3. The van der Waals surface area contributed by atoms with Crippen molar-refractivity contribution in [2.24, 2.45) is 0 Å². The predicted octanol–water partition coefficient (Wildman–Crippen LogP) is 2.30. The molecule has 1 atom stereocenters. The Hall–Kier alpha value is -1.20. The molecule has 3 rings (SSSR count). The van der Waals surface area contributed by atoms with Crippen molar-refractivity contribution < 1.29 is 9.59 Å². The summed E-state index contributed by atoms with van der Waals surface area (Å²) in [6, 6.07) is 5.34. The summed E-state index contributed by atoms with van der Waals surface area (Å²) in [5.74, 6) is -0.137. The number of halogens is 1. The molecule has 1 aliphatic carbocycles. The van der Waals surface area contributed by atoms with Gasteiger partial charge in [-0.1, -0.05) is 11.6 Å². The van der Waals surface area contributed by atoms with Gasteiger partial charge in [-0.25, -0.2) is 0 Å². The first-order valence-corrected chi connectivity index (χ1v) is 7.39. The Bertz CT molecular complexity index is 560. The highest BCUT2D eigenvalue weighted by molar-refractivity contribution is 8.00. The Morgan fingerprint density at radius 3 is 2.68 bits per heavy atom. The van der Waals surface area contributed by atoms with E-state index in [1.165, 1.54) is 16.7 Å². The summed E-state index contributed by atoms with van der Waals surface area (Å²) in [4.78, 5) is 26.3. The molecule has 1 heterocycles. The van der Waals surface area contributed by atoms with Crippen LogP contribution in [0.2, 0.25) is 5.02 Å². The number of benzene rings is 1. The summed E-state index contributed by atoms with van der Waals surface area (Å²) in [5, 5.41) is 0.171. The van der Waals surface area contributed by atoms with E-state index in [4.69, 9.17) is 17.3 Å². The van der Waals surface area contributed by atoms with Crippen LogP contribution in [0.1, 0.15) is 19.3 Å². The minimum atomic E-state index is -0.353. The molecule has 2 aliphatic rings. The standard InChI is InChI=1S/C13H13ClN2O2S/c14-9-5-7(15)1-4-10(9)19-11-6-12(17)16(13(11)18)8-2-3-8/h1,4-5,8,11H,2-3,6,15H2. The van der Waals surface area contributed by atoms with Crippen molar-refractivity contribution >= 4 is 40.9 Å². The highest BCUT2D eigenvalue weighted by Gasteiger charge is 2.46. The summed E-state index contributed by atoms with van der Waals surface area (Å²) in [5.41, 5.74) is 6.22. The summed E-state index contributed by atoms with van der Waals surface area (Å²) in [6.45, 7) is 0. The van der Waals surface area contributed by atoms with Gasteiger partial charge in [-0.3, -0.25) is 14.5 Å². The lowest BCUT2D eigenvalue weighted by Gasteiger charge is -2.13. The fourth-order valence-corrected chi connectivity index (χ4v) is 3.58. The van der Waals surface area contributed by atoms with Gasteiger partial charge in [-0.15, -0.1) is 11.8 Å². The largest absolute Gasteiger partial charge is 0.399 e. The van der Waals surface area contributed by atoms with Gasteiger partial charge in [0.2, 0.25) is 11.8 Å². The van der Waals surface area contributed by atoms with Gasteiger partial charge in [-0.05, 0) is 31.0 Å². The average molecular weight is 297 g/mol. The number of nitrogens with two attached hydrogens (primary N) is 1. The van der Waals surface area contributed by atoms with Crippen LogP contribution in [0.25, 0.3) is 0 Å². The number of anilines is 1. The van der Waals surface area contributed by atoms with Gasteiger partial charge in [0.1, 0.15) is 0 Å². The predicted molar refractivity (Wildman–Crippen MR) is 75.0 cm³/mol. The molecule has 2 fully saturated rings. The molecule has 6 heteroatoms. The number of nitrogen functional groups attached to an aromatic ring is 1. The zero-order chi connectivity index (χ0) is 13.6. The molecule has 1 saturated carbocycles. The molecule has 0 spiro atoms. The Morgan fingerprint density at radius 1 is 1.32 bits per heavy atom. The fourth-order valence-electron chi connectivity index (χ4n) is 2.20. The molecular weight excluding hydrogens is 284 g/mol. The number of carbonyl (C=O) groups is 2. The number of imide groups is 1. The first kappa shape index (κ1) is 12.8. The lowest BCUT2D eigenvalue weighted by Crippen LogP contribution is -2.33. The van der Waals surface area contributed by atoms with Gasteiger partial charge in [0.15, 0.2) is 0 Å². The molecule has 1 unspecified atom stereocenters. The molecule has 0 bridgehead atoms. The van der Waals surface area contributed by atoms with Crippen LogP contribution in [0.5, 0.6) is 0 Å². The van der Waals surface area contributed by atoms with Gasteiger partial charge in [0.25, 0.3) is 0 Å². The van der Waals surface area contributed by atoms with Gasteiger partial charge in [-0.2, -0.15) is 0 Å². The maximum atomic E-state index is 12.2. The fraction of sp³-hybridized carbons (Fsp3) is 0.385. The van der Waals surface area contributed by atoms with Crippen molar-refractivity contribution in [1.29, 1.82) is 0 Å². The zero-order valence-electron chi connectivity index (χ0n) is 10.1. The van der Waals surface area contributed by atoms with E-state index in [1.54, 1.807) is 18.2 Å². The Morgan fingerprint density at radius 2 is 2.05 bits per heavy atom. The molecule has 2 amide bonds. The first-order valence-electron chi connectivity index (χ1n) is 6.14. The minimum Gasteiger partial charge on any atom is -0.399 e. The molecular formula is C13H13ClN2O2S. The Labute approximate surface area is 120 Å². The number of likely N-dealkylation sites (tertiary alicyclic amines) is 1. The first-order chi connectivity index (χ1) is 9.06. The van der Waals surface area contributed by atoms with E-state index in [1.807, 2.05) is 0 Å². The van der Waals surface area contributed by atoms with E-state index in [9.17, 15) is 9.59 Å². The molecule has 1 saturated heterocycles. The SMILES string of the molecule is Nc1ccc(SC2CC(=O)N(C3CC3)C2=O)c(Cl)c1. The molecule has 0 aromatic heterocycles. The van der Waals surface area contributed by atoms with E-state index in [0.29, 0.717) is 10.7 Å². The average Bonchev–Trinajstić information content (AvgIpc) is 3.12. The Balaban J connectivity index is 1.76. The third-order valence-electron chi connectivity index (χ3n) is 3.28. The maximum Gasteiger partial charge on any atom is 0.243 e. The number of amides is 2. The number of thioether (sulfide) groups is 1. The highest BCUT2D eigenvalue weighted by Crippen LogP contribution is 2.39. The number of carbonyl (C=O) groups excluding carboxylic acids is 2. The van der Waals surface area contributed by atoms with E-state index < -0.39 is 0 Å². The summed E-state index contributed by atoms with van der Waals surface area (Å²) < 4.78 is 0. The summed E-state index contributed by atoms with van der Waals surface area (Å²) >= 11 is 7.44. The molecule has 1 aromatic carbocycles. The van der Waals surface area contributed by atoms with Crippen LogP contribution >= 0.6 is 23.4 Å². The van der Waals surface area contributed by atoms with E-state index in [-0.39, 0.29) is 29.5 Å².